The highest BCUT2D eigenvalue weighted by molar-refractivity contribution is 5.93. The largest absolute Gasteiger partial charge is 0.364 e. The summed E-state index contributed by atoms with van der Waals surface area (Å²) in [6.45, 7) is -0.113. The van der Waals surface area contributed by atoms with Gasteiger partial charge in [-0.05, 0) is 12.8 Å². The maximum Gasteiger partial charge on any atom is 0.257 e. The van der Waals surface area contributed by atoms with Gasteiger partial charge < -0.3 is 15.8 Å². The summed E-state index contributed by atoms with van der Waals surface area (Å²) in [5.41, 5.74) is 5.46. The number of rotatable bonds is 5. The number of hydrogen-bond acceptors (Lipinski definition) is 4. The van der Waals surface area contributed by atoms with Crippen LogP contribution < -0.4 is 11.1 Å². The van der Waals surface area contributed by atoms with E-state index in [1.54, 1.807) is 0 Å². The summed E-state index contributed by atoms with van der Waals surface area (Å²) in [6.07, 6.45) is -0.382. The number of amides is 1. The molecule has 0 spiro atoms. The molecule has 1 aliphatic heterocycles. The maximum atomic E-state index is 12.1. The second kappa shape index (κ2) is 6.07. The van der Waals surface area contributed by atoms with Crippen molar-refractivity contribution < 1.29 is 18.3 Å². The van der Waals surface area contributed by atoms with E-state index in [9.17, 15) is 13.6 Å². The summed E-state index contributed by atoms with van der Waals surface area (Å²) in [6, 6.07) is 1.47. The highest BCUT2D eigenvalue weighted by Gasteiger charge is 2.30. The third kappa shape index (κ3) is 3.71. The number of anilines is 1. The monoisotopic (exact) mass is 274 g/mol. The lowest BCUT2D eigenvalue weighted by atomic mass is 10.2. The summed E-state index contributed by atoms with van der Waals surface area (Å²) < 4.78 is 30.8. The quantitative estimate of drug-likeness (QED) is 0.823. The minimum atomic E-state index is -2.48. The zero-order chi connectivity index (χ0) is 13.8. The number of hydrogen-bond donors (Lipinski definition) is 2. The van der Waals surface area contributed by atoms with Crippen LogP contribution in [0, 0.1) is 0 Å². The Morgan fingerprint density at radius 3 is 3.05 bits per heavy atom. The molecule has 1 amide bonds. The number of halogens is 2. The molecule has 0 bridgehead atoms. The van der Waals surface area contributed by atoms with E-state index in [-0.39, 0.29) is 17.8 Å². The molecule has 1 fully saturated rings. The van der Waals surface area contributed by atoms with Crippen molar-refractivity contribution >= 4 is 11.7 Å². The molecular formula is C11H16F2N4O2. The van der Waals surface area contributed by atoms with Crippen LogP contribution in [0.1, 0.15) is 12.8 Å². The normalized spacial score (nSPS) is 22.9. The number of nitrogens with one attached hydrogen (secondary N) is 1. The number of ether oxygens (including phenoxy) is 1. The van der Waals surface area contributed by atoms with Gasteiger partial charge in [0.15, 0.2) is 5.82 Å². The predicted octanol–water partition coefficient (Wildman–Crippen LogP) is 0.593. The van der Waals surface area contributed by atoms with E-state index >= 15 is 0 Å². The summed E-state index contributed by atoms with van der Waals surface area (Å²) >= 11 is 0. The third-order valence-corrected chi connectivity index (χ3v) is 2.88. The van der Waals surface area contributed by atoms with Crippen LogP contribution in [0.2, 0.25) is 0 Å². The molecule has 1 saturated heterocycles. The molecule has 8 heteroatoms. The van der Waals surface area contributed by atoms with Gasteiger partial charge >= 0.3 is 0 Å². The Morgan fingerprint density at radius 1 is 1.63 bits per heavy atom. The van der Waals surface area contributed by atoms with Crippen LogP contribution in [-0.4, -0.2) is 40.9 Å². The second-order valence-corrected chi connectivity index (χ2v) is 4.36. The molecule has 1 aromatic rings. The van der Waals surface area contributed by atoms with E-state index < -0.39 is 19.1 Å². The Balaban J connectivity index is 1.87. The van der Waals surface area contributed by atoms with Crippen molar-refractivity contribution in [2.45, 2.75) is 38.0 Å². The van der Waals surface area contributed by atoms with Gasteiger partial charge in [0.1, 0.15) is 12.6 Å². The van der Waals surface area contributed by atoms with Crippen LogP contribution in [0.5, 0.6) is 0 Å². The topological polar surface area (TPSA) is 82.2 Å². The van der Waals surface area contributed by atoms with Crippen molar-refractivity contribution in [3.05, 3.63) is 12.3 Å². The van der Waals surface area contributed by atoms with Crippen molar-refractivity contribution in [1.29, 1.82) is 0 Å². The Bertz CT molecular complexity index is 438. The lowest BCUT2D eigenvalue weighted by Crippen LogP contribution is -2.30. The molecular weight excluding hydrogens is 258 g/mol. The number of aromatic nitrogens is 2. The SMILES string of the molecule is NC[C@H]1CC[C@@H](C(=O)Nc2ccn(CC(F)F)n2)O1. The van der Waals surface area contributed by atoms with E-state index in [4.69, 9.17) is 10.5 Å². The molecule has 0 aromatic carbocycles. The number of alkyl halides is 2. The highest BCUT2D eigenvalue weighted by atomic mass is 19.3. The lowest BCUT2D eigenvalue weighted by molar-refractivity contribution is -0.126. The van der Waals surface area contributed by atoms with Gasteiger partial charge in [-0.2, -0.15) is 5.10 Å². The standard InChI is InChI=1S/C11H16F2N4O2/c12-9(13)6-17-4-3-10(16-17)15-11(18)8-2-1-7(5-14)19-8/h3-4,7-9H,1-2,5-6,14H2,(H,15,16,18)/t7-,8+/m1/s1. The number of carbonyl (C=O) groups excluding carboxylic acids is 1. The first-order chi connectivity index (χ1) is 9.08. The molecule has 3 N–H and O–H groups in total. The van der Waals surface area contributed by atoms with Crippen molar-refractivity contribution in [2.24, 2.45) is 5.73 Å². The molecule has 2 atom stereocenters. The lowest BCUT2D eigenvalue weighted by Gasteiger charge is -2.11. The Kier molecular flexibility index (Phi) is 4.43. The van der Waals surface area contributed by atoms with Gasteiger partial charge in [0.25, 0.3) is 12.3 Å². The summed E-state index contributed by atoms with van der Waals surface area (Å²) in [5, 5.41) is 6.37. The molecule has 0 unspecified atom stereocenters. The fourth-order valence-electron chi connectivity index (χ4n) is 1.95. The van der Waals surface area contributed by atoms with Gasteiger partial charge in [0, 0.05) is 18.8 Å². The van der Waals surface area contributed by atoms with E-state index in [0.29, 0.717) is 13.0 Å². The molecule has 0 aliphatic carbocycles. The van der Waals surface area contributed by atoms with Crippen LogP contribution in [0.4, 0.5) is 14.6 Å². The van der Waals surface area contributed by atoms with Crippen molar-refractivity contribution in [2.75, 3.05) is 11.9 Å². The molecule has 6 nitrogen and oxygen atoms in total. The Hall–Kier alpha value is -1.54. The summed E-state index contributed by atoms with van der Waals surface area (Å²) in [4.78, 5) is 11.8. The van der Waals surface area contributed by atoms with Gasteiger partial charge in [-0.25, -0.2) is 8.78 Å². The first kappa shape index (κ1) is 13.9. The van der Waals surface area contributed by atoms with Gasteiger partial charge in [0.2, 0.25) is 0 Å². The van der Waals surface area contributed by atoms with E-state index in [1.165, 1.54) is 12.3 Å². The molecule has 2 rings (SSSR count). The van der Waals surface area contributed by atoms with E-state index in [1.807, 2.05) is 0 Å². The maximum absolute atomic E-state index is 12.1. The summed E-state index contributed by atoms with van der Waals surface area (Å²) in [7, 11) is 0. The fourth-order valence-corrected chi connectivity index (χ4v) is 1.95. The molecule has 0 saturated carbocycles. The smallest absolute Gasteiger partial charge is 0.257 e. The van der Waals surface area contributed by atoms with Crippen molar-refractivity contribution in [1.82, 2.24) is 9.78 Å². The van der Waals surface area contributed by atoms with E-state index in [2.05, 4.69) is 10.4 Å². The Morgan fingerprint density at radius 2 is 2.42 bits per heavy atom. The molecule has 1 aromatic heterocycles. The van der Waals surface area contributed by atoms with Crippen LogP contribution in [0.3, 0.4) is 0 Å². The van der Waals surface area contributed by atoms with E-state index in [0.717, 1.165) is 11.1 Å². The van der Waals surface area contributed by atoms with Crippen LogP contribution >= 0.6 is 0 Å². The van der Waals surface area contributed by atoms with Gasteiger partial charge in [-0.1, -0.05) is 0 Å². The second-order valence-electron chi connectivity index (χ2n) is 4.36. The number of nitrogens with two attached hydrogens (primary N) is 1. The Labute approximate surface area is 108 Å². The van der Waals surface area contributed by atoms with Crippen LogP contribution in [0.25, 0.3) is 0 Å². The average molecular weight is 274 g/mol. The minimum Gasteiger partial charge on any atom is -0.364 e. The molecule has 1 aliphatic rings. The zero-order valence-corrected chi connectivity index (χ0v) is 10.3. The molecule has 106 valence electrons. The number of nitrogens with zero attached hydrogens (tertiary/aromatic N) is 2. The van der Waals surface area contributed by atoms with Gasteiger partial charge in [-0.3, -0.25) is 9.48 Å². The highest BCUT2D eigenvalue weighted by Crippen LogP contribution is 2.20. The first-order valence-electron chi connectivity index (χ1n) is 6.06. The predicted molar refractivity (Wildman–Crippen MR) is 63.8 cm³/mol. The number of carbonyl (C=O) groups is 1. The minimum absolute atomic E-state index is 0.0906. The van der Waals surface area contributed by atoms with Crippen LogP contribution in [-0.2, 0) is 16.1 Å². The van der Waals surface area contributed by atoms with Gasteiger partial charge in [-0.15, -0.1) is 0 Å². The zero-order valence-electron chi connectivity index (χ0n) is 10.3. The third-order valence-electron chi connectivity index (χ3n) is 2.88. The first-order valence-corrected chi connectivity index (χ1v) is 6.06. The molecule has 0 radical (unpaired) electrons. The van der Waals surface area contributed by atoms with Crippen molar-refractivity contribution in [3.8, 4) is 0 Å². The fraction of sp³-hybridized carbons (Fsp3) is 0.636. The van der Waals surface area contributed by atoms with Crippen molar-refractivity contribution in [3.63, 3.8) is 0 Å². The van der Waals surface area contributed by atoms with Crippen LogP contribution in [0.15, 0.2) is 12.3 Å². The molecule has 19 heavy (non-hydrogen) atoms. The average Bonchev–Trinajstić information content (AvgIpc) is 2.97. The van der Waals surface area contributed by atoms with Gasteiger partial charge in [0.05, 0.1) is 6.10 Å². The molecule has 2 heterocycles. The summed E-state index contributed by atoms with van der Waals surface area (Å²) in [5.74, 6) is -0.0799.